The van der Waals surface area contributed by atoms with Crippen molar-refractivity contribution >= 4 is 39.2 Å². The fourth-order valence-electron chi connectivity index (χ4n) is 3.94. The van der Waals surface area contributed by atoms with E-state index >= 15 is 0 Å². The summed E-state index contributed by atoms with van der Waals surface area (Å²) in [6, 6.07) is 5.42. The Morgan fingerprint density at radius 2 is 2.03 bits per heavy atom. The minimum atomic E-state index is -0.387. The number of fused-ring (bicyclic) bond motifs is 3. The number of benzene rings is 1. The van der Waals surface area contributed by atoms with Gasteiger partial charge in [-0.1, -0.05) is 6.07 Å². The molecule has 29 heavy (non-hydrogen) atoms. The highest BCUT2D eigenvalue weighted by Gasteiger charge is 2.23. The summed E-state index contributed by atoms with van der Waals surface area (Å²) >= 11 is 1.63. The number of nitrogens with one attached hydrogen (secondary N) is 1. The van der Waals surface area contributed by atoms with Gasteiger partial charge < -0.3 is 10.1 Å². The molecule has 152 valence electrons. The van der Waals surface area contributed by atoms with Crippen LogP contribution in [0.1, 0.15) is 59.1 Å². The maximum atomic E-state index is 13.4. The van der Waals surface area contributed by atoms with E-state index in [1.54, 1.807) is 22.0 Å². The number of thiophene rings is 1. The van der Waals surface area contributed by atoms with Crippen LogP contribution in [0.5, 0.6) is 0 Å². The van der Waals surface area contributed by atoms with E-state index in [1.165, 1.54) is 24.0 Å². The zero-order valence-electron chi connectivity index (χ0n) is 17.2. The summed E-state index contributed by atoms with van der Waals surface area (Å²) in [5, 5.41) is 4.05. The van der Waals surface area contributed by atoms with Gasteiger partial charge in [0.1, 0.15) is 4.83 Å². The first-order valence-electron chi connectivity index (χ1n) is 9.93. The van der Waals surface area contributed by atoms with Crippen LogP contribution < -0.4 is 10.9 Å². The molecule has 0 saturated heterocycles. The molecule has 0 amide bonds. The molecule has 3 aromatic rings. The van der Waals surface area contributed by atoms with Gasteiger partial charge in [0.15, 0.2) is 0 Å². The normalized spacial score (nSPS) is 13.6. The van der Waals surface area contributed by atoms with Gasteiger partial charge in [-0.2, -0.15) is 0 Å². The third kappa shape index (κ3) is 3.44. The largest absolute Gasteiger partial charge is 0.465 e. The van der Waals surface area contributed by atoms with Crippen LogP contribution in [0.2, 0.25) is 0 Å². The molecule has 0 aliphatic heterocycles. The Balaban J connectivity index is 1.85. The van der Waals surface area contributed by atoms with Gasteiger partial charge in [-0.05, 0) is 69.7 Å². The Hall–Kier alpha value is -2.67. The topological polar surface area (TPSA) is 73.2 Å². The highest BCUT2D eigenvalue weighted by Crippen LogP contribution is 2.35. The predicted octanol–water partition coefficient (Wildman–Crippen LogP) is 4.76. The fraction of sp³-hybridized carbons (Fsp3) is 0.409. The average molecular weight is 412 g/mol. The average Bonchev–Trinajstić information content (AvgIpc) is 3.07. The van der Waals surface area contributed by atoms with E-state index in [9.17, 15) is 9.59 Å². The van der Waals surface area contributed by atoms with Gasteiger partial charge in [-0.15, -0.1) is 11.3 Å². The van der Waals surface area contributed by atoms with E-state index in [0.717, 1.165) is 35.0 Å². The minimum absolute atomic E-state index is 0.00667. The number of aryl methyl sites for hydroxylation is 3. The van der Waals surface area contributed by atoms with Crippen LogP contribution in [0.15, 0.2) is 23.0 Å². The van der Waals surface area contributed by atoms with Crippen molar-refractivity contribution in [2.24, 2.45) is 0 Å². The van der Waals surface area contributed by atoms with Gasteiger partial charge >= 0.3 is 5.97 Å². The highest BCUT2D eigenvalue weighted by molar-refractivity contribution is 7.18. The molecule has 0 fully saturated rings. The molecule has 4 rings (SSSR count). The lowest BCUT2D eigenvalue weighted by Gasteiger charge is -2.18. The van der Waals surface area contributed by atoms with E-state index in [1.807, 2.05) is 32.9 Å². The van der Waals surface area contributed by atoms with Gasteiger partial charge in [0.05, 0.1) is 18.1 Å². The number of carbonyl (C=O) groups excluding carboxylic acids is 1. The second-order valence-corrected chi connectivity index (χ2v) is 8.83. The summed E-state index contributed by atoms with van der Waals surface area (Å²) in [6.07, 6.45) is 4.28. The van der Waals surface area contributed by atoms with Gasteiger partial charge in [0.2, 0.25) is 5.95 Å². The standard InChI is InChI=1S/C22H25N3O3S/c1-12(2)25-20(26)18-15-7-5-6-8-17(15)29-19(18)24-22(25)23-14-10-9-13(3)16(11-14)21(27)28-4/h9-12H,5-8H2,1-4H3,(H,23,24). The molecule has 1 N–H and O–H groups in total. The molecular weight excluding hydrogens is 386 g/mol. The van der Waals surface area contributed by atoms with E-state index in [0.29, 0.717) is 17.2 Å². The molecule has 0 bridgehead atoms. The van der Waals surface area contributed by atoms with Crippen LogP contribution in [0.3, 0.4) is 0 Å². The van der Waals surface area contributed by atoms with Gasteiger partial charge in [-0.3, -0.25) is 9.36 Å². The molecule has 0 spiro atoms. The summed E-state index contributed by atoms with van der Waals surface area (Å²) in [5.41, 5.74) is 3.21. The molecule has 6 nitrogen and oxygen atoms in total. The van der Waals surface area contributed by atoms with E-state index in [2.05, 4.69) is 5.32 Å². The van der Waals surface area contributed by atoms with Crippen molar-refractivity contribution in [1.82, 2.24) is 9.55 Å². The summed E-state index contributed by atoms with van der Waals surface area (Å²) < 4.78 is 6.58. The Kier molecular flexibility index (Phi) is 5.17. The van der Waals surface area contributed by atoms with Crippen molar-refractivity contribution in [1.29, 1.82) is 0 Å². The quantitative estimate of drug-likeness (QED) is 0.627. The number of carbonyl (C=O) groups is 1. The van der Waals surface area contributed by atoms with Crippen molar-refractivity contribution in [3.63, 3.8) is 0 Å². The first-order chi connectivity index (χ1) is 13.9. The second kappa shape index (κ2) is 7.63. The van der Waals surface area contributed by atoms with Gasteiger partial charge in [-0.25, -0.2) is 9.78 Å². The SMILES string of the molecule is COC(=O)c1cc(Nc2nc3sc4c(c3c(=O)n2C(C)C)CCCC4)ccc1C. The van der Waals surface area contributed by atoms with Crippen molar-refractivity contribution in [2.75, 3.05) is 12.4 Å². The van der Waals surface area contributed by atoms with E-state index in [4.69, 9.17) is 9.72 Å². The lowest BCUT2D eigenvalue weighted by Crippen LogP contribution is -2.26. The molecule has 0 atom stereocenters. The summed E-state index contributed by atoms with van der Waals surface area (Å²) in [7, 11) is 1.37. The monoisotopic (exact) mass is 411 g/mol. The number of esters is 1. The molecule has 1 aromatic carbocycles. The molecule has 0 saturated carbocycles. The third-order valence-electron chi connectivity index (χ3n) is 5.44. The highest BCUT2D eigenvalue weighted by atomic mass is 32.1. The molecule has 0 radical (unpaired) electrons. The number of hydrogen-bond acceptors (Lipinski definition) is 6. The number of hydrogen-bond donors (Lipinski definition) is 1. The van der Waals surface area contributed by atoms with Crippen molar-refractivity contribution < 1.29 is 9.53 Å². The van der Waals surface area contributed by atoms with E-state index in [-0.39, 0.29) is 17.6 Å². The molecular formula is C22H25N3O3S. The summed E-state index contributed by atoms with van der Waals surface area (Å²) in [6.45, 7) is 5.82. The molecule has 1 aliphatic carbocycles. The lowest BCUT2D eigenvalue weighted by molar-refractivity contribution is 0.0600. The maximum Gasteiger partial charge on any atom is 0.338 e. The van der Waals surface area contributed by atoms with Crippen LogP contribution in [0.4, 0.5) is 11.6 Å². The smallest absolute Gasteiger partial charge is 0.338 e. The van der Waals surface area contributed by atoms with Crippen LogP contribution >= 0.6 is 11.3 Å². The number of methoxy groups -OCH3 is 1. The van der Waals surface area contributed by atoms with Crippen LogP contribution in [0.25, 0.3) is 10.2 Å². The van der Waals surface area contributed by atoms with Crippen molar-refractivity contribution in [3.05, 3.63) is 50.1 Å². The predicted molar refractivity (Wildman–Crippen MR) is 117 cm³/mol. The Bertz CT molecular complexity index is 1160. The van der Waals surface area contributed by atoms with E-state index < -0.39 is 0 Å². The molecule has 2 heterocycles. The summed E-state index contributed by atoms with van der Waals surface area (Å²) in [4.78, 5) is 32.4. The zero-order chi connectivity index (χ0) is 20.7. The second-order valence-electron chi connectivity index (χ2n) is 7.74. The maximum absolute atomic E-state index is 13.4. The number of aromatic nitrogens is 2. The van der Waals surface area contributed by atoms with Crippen molar-refractivity contribution in [2.45, 2.75) is 52.5 Å². The first-order valence-corrected chi connectivity index (χ1v) is 10.7. The Morgan fingerprint density at radius 3 is 2.76 bits per heavy atom. The molecule has 1 aliphatic rings. The Morgan fingerprint density at radius 1 is 1.28 bits per heavy atom. The minimum Gasteiger partial charge on any atom is -0.465 e. The van der Waals surface area contributed by atoms with Crippen molar-refractivity contribution in [3.8, 4) is 0 Å². The Labute approximate surface area is 173 Å². The fourth-order valence-corrected chi connectivity index (χ4v) is 5.20. The van der Waals surface area contributed by atoms with Crippen LogP contribution in [-0.4, -0.2) is 22.6 Å². The third-order valence-corrected chi connectivity index (χ3v) is 6.62. The number of anilines is 2. The number of rotatable bonds is 4. The number of nitrogens with zero attached hydrogens (tertiary/aromatic N) is 2. The number of ether oxygens (including phenoxy) is 1. The molecule has 0 unspecified atom stereocenters. The lowest BCUT2D eigenvalue weighted by atomic mass is 9.97. The van der Waals surface area contributed by atoms with Crippen LogP contribution in [-0.2, 0) is 17.6 Å². The molecule has 7 heteroatoms. The zero-order valence-corrected chi connectivity index (χ0v) is 18.0. The van der Waals surface area contributed by atoms with Gasteiger partial charge in [0, 0.05) is 16.6 Å². The molecule has 2 aromatic heterocycles. The first kappa shape index (κ1) is 19.6. The van der Waals surface area contributed by atoms with Crippen LogP contribution in [0, 0.1) is 6.92 Å². The van der Waals surface area contributed by atoms with Gasteiger partial charge in [0.25, 0.3) is 5.56 Å². The summed E-state index contributed by atoms with van der Waals surface area (Å²) in [5.74, 6) is 0.109.